The molecule has 1 fully saturated rings. The van der Waals surface area contributed by atoms with Gasteiger partial charge in [0.1, 0.15) is 11.5 Å². The molecule has 166 valence electrons. The van der Waals surface area contributed by atoms with Crippen molar-refractivity contribution in [3.05, 3.63) is 65.9 Å². The molecular weight excluding hydrogens is 422 g/mol. The lowest BCUT2D eigenvalue weighted by molar-refractivity contribution is -0.129. The van der Waals surface area contributed by atoms with Gasteiger partial charge in [0.05, 0.1) is 31.7 Å². The van der Waals surface area contributed by atoms with Crippen molar-refractivity contribution in [2.75, 3.05) is 26.5 Å². The highest BCUT2D eigenvalue weighted by atomic mass is 32.2. The normalized spacial score (nSPS) is 15.6. The Kier molecular flexibility index (Phi) is 6.95. The molecule has 1 saturated heterocycles. The van der Waals surface area contributed by atoms with Crippen LogP contribution in [0.25, 0.3) is 11.3 Å². The molecule has 2 aromatic carbocycles. The van der Waals surface area contributed by atoms with Gasteiger partial charge in [-0.25, -0.2) is 9.97 Å². The van der Waals surface area contributed by atoms with Gasteiger partial charge in [-0.05, 0) is 44.0 Å². The summed E-state index contributed by atoms with van der Waals surface area (Å²) in [6.07, 6.45) is 1.86. The molecule has 3 aromatic rings. The Morgan fingerprint density at radius 2 is 1.91 bits per heavy atom. The van der Waals surface area contributed by atoms with E-state index < -0.39 is 0 Å². The zero-order valence-electron chi connectivity index (χ0n) is 18.6. The second-order valence-corrected chi connectivity index (χ2v) is 8.63. The molecule has 0 radical (unpaired) electrons. The average Bonchev–Trinajstić information content (AvgIpc) is 3.32. The maximum Gasteiger partial charge on any atom is 0.233 e. The minimum absolute atomic E-state index is 0.0218. The Morgan fingerprint density at radius 3 is 2.66 bits per heavy atom. The first-order chi connectivity index (χ1) is 15.6. The van der Waals surface area contributed by atoms with Crippen molar-refractivity contribution < 1.29 is 14.3 Å². The Labute approximate surface area is 193 Å². The van der Waals surface area contributed by atoms with Gasteiger partial charge >= 0.3 is 0 Å². The summed E-state index contributed by atoms with van der Waals surface area (Å²) < 4.78 is 11.0. The zero-order valence-corrected chi connectivity index (χ0v) is 19.4. The van der Waals surface area contributed by atoms with Crippen molar-refractivity contribution in [2.24, 2.45) is 0 Å². The number of benzene rings is 2. The second kappa shape index (κ2) is 10.0. The lowest BCUT2D eigenvalue weighted by Crippen LogP contribution is -2.32. The highest BCUT2D eigenvalue weighted by molar-refractivity contribution is 7.99. The van der Waals surface area contributed by atoms with E-state index in [2.05, 4.69) is 9.97 Å². The number of rotatable bonds is 7. The van der Waals surface area contributed by atoms with Crippen LogP contribution in [0, 0.1) is 6.92 Å². The number of ether oxygens (including phenoxy) is 2. The lowest BCUT2D eigenvalue weighted by atomic mass is 10.0. The topological polar surface area (TPSA) is 64.6 Å². The van der Waals surface area contributed by atoms with E-state index in [-0.39, 0.29) is 11.9 Å². The number of carbonyl (C=O) groups is 1. The van der Waals surface area contributed by atoms with Crippen molar-refractivity contribution >= 4 is 17.7 Å². The zero-order chi connectivity index (χ0) is 22.5. The molecule has 32 heavy (non-hydrogen) atoms. The molecule has 0 N–H and O–H groups in total. The smallest absolute Gasteiger partial charge is 0.233 e. The summed E-state index contributed by atoms with van der Waals surface area (Å²) >= 11 is 1.38. The standard InChI is InChI=1S/C25H27N3O3S/c1-17-14-21(18-8-5-4-6-9-18)27-25(26-17)32-16-24(29)28-13-7-10-22(28)20-15-19(30-2)11-12-23(20)31-3/h4-6,8-9,11-12,14-15,22H,7,10,13,16H2,1-3H3/t22-/m0/s1. The molecule has 0 bridgehead atoms. The van der Waals surface area contributed by atoms with Gasteiger partial charge in [0, 0.05) is 23.4 Å². The molecule has 6 nitrogen and oxygen atoms in total. The summed E-state index contributed by atoms with van der Waals surface area (Å²) in [5, 5.41) is 0.618. The number of thioether (sulfide) groups is 1. The van der Waals surface area contributed by atoms with Gasteiger partial charge in [-0.15, -0.1) is 0 Å². The lowest BCUT2D eigenvalue weighted by Gasteiger charge is -2.26. The van der Waals surface area contributed by atoms with Crippen LogP contribution in [0.15, 0.2) is 59.8 Å². The van der Waals surface area contributed by atoms with E-state index in [0.29, 0.717) is 10.9 Å². The molecule has 1 atom stereocenters. The van der Waals surface area contributed by atoms with E-state index >= 15 is 0 Å². The van der Waals surface area contributed by atoms with Gasteiger partial charge in [0.2, 0.25) is 5.91 Å². The molecule has 1 aliphatic heterocycles. The monoisotopic (exact) mass is 449 g/mol. The number of amides is 1. The van der Waals surface area contributed by atoms with Gasteiger partial charge in [0.25, 0.3) is 0 Å². The highest BCUT2D eigenvalue weighted by Gasteiger charge is 2.32. The number of hydrogen-bond acceptors (Lipinski definition) is 6. The fourth-order valence-electron chi connectivity index (χ4n) is 4.06. The summed E-state index contributed by atoms with van der Waals surface area (Å²) in [5.41, 5.74) is 3.78. The van der Waals surface area contributed by atoms with Crippen molar-refractivity contribution in [3.63, 3.8) is 0 Å². The van der Waals surface area contributed by atoms with Crippen molar-refractivity contribution in [1.29, 1.82) is 0 Å². The maximum absolute atomic E-state index is 13.2. The van der Waals surface area contributed by atoms with Gasteiger partial charge in [-0.1, -0.05) is 42.1 Å². The van der Waals surface area contributed by atoms with E-state index in [1.165, 1.54) is 11.8 Å². The molecule has 7 heteroatoms. The number of aryl methyl sites for hydroxylation is 1. The van der Waals surface area contributed by atoms with Crippen LogP contribution in [0.4, 0.5) is 0 Å². The first-order valence-corrected chi connectivity index (χ1v) is 11.6. The van der Waals surface area contributed by atoms with Crippen LogP contribution >= 0.6 is 11.8 Å². The van der Waals surface area contributed by atoms with Crippen LogP contribution in [0.5, 0.6) is 11.5 Å². The summed E-state index contributed by atoms with van der Waals surface area (Å²) in [5.74, 6) is 1.91. The number of nitrogens with zero attached hydrogens (tertiary/aromatic N) is 3. The van der Waals surface area contributed by atoms with Crippen molar-refractivity contribution in [3.8, 4) is 22.8 Å². The van der Waals surface area contributed by atoms with Crippen LogP contribution in [0.3, 0.4) is 0 Å². The third-order valence-electron chi connectivity index (χ3n) is 5.60. The van der Waals surface area contributed by atoms with Crippen LogP contribution in [-0.4, -0.2) is 47.3 Å². The highest BCUT2D eigenvalue weighted by Crippen LogP contribution is 2.39. The fourth-order valence-corrected chi connectivity index (χ4v) is 4.85. The van der Waals surface area contributed by atoms with Gasteiger partial charge in [-0.2, -0.15) is 0 Å². The molecule has 1 aromatic heterocycles. The first-order valence-electron chi connectivity index (χ1n) is 10.6. The summed E-state index contributed by atoms with van der Waals surface area (Å²) in [6.45, 7) is 2.68. The predicted octanol–water partition coefficient (Wildman–Crippen LogP) is 4.93. The second-order valence-electron chi connectivity index (χ2n) is 7.68. The summed E-state index contributed by atoms with van der Waals surface area (Å²) in [7, 11) is 3.30. The van der Waals surface area contributed by atoms with Crippen LogP contribution in [0.1, 0.15) is 30.1 Å². The maximum atomic E-state index is 13.2. The van der Waals surface area contributed by atoms with Gasteiger partial charge in [-0.3, -0.25) is 4.79 Å². The van der Waals surface area contributed by atoms with E-state index in [1.807, 2.05) is 66.4 Å². The van der Waals surface area contributed by atoms with E-state index in [0.717, 1.165) is 53.4 Å². The number of methoxy groups -OCH3 is 2. The molecule has 1 aliphatic rings. The minimum Gasteiger partial charge on any atom is -0.497 e. The molecule has 0 spiro atoms. The third-order valence-corrected chi connectivity index (χ3v) is 6.43. The van der Waals surface area contributed by atoms with Crippen LogP contribution < -0.4 is 9.47 Å². The van der Waals surface area contributed by atoms with E-state index in [1.54, 1.807) is 14.2 Å². The van der Waals surface area contributed by atoms with Gasteiger partial charge < -0.3 is 14.4 Å². The third kappa shape index (κ3) is 4.88. The Morgan fingerprint density at radius 1 is 1.09 bits per heavy atom. The fraction of sp³-hybridized carbons (Fsp3) is 0.320. The average molecular weight is 450 g/mol. The first kappa shape index (κ1) is 22.1. The molecule has 4 rings (SSSR count). The van der Waals surface area contributed by atoms with E-state index in [4.69, 9.17) is 9.47 Å². The number of likely N-dealkylation sites (tertiary alicyclic amines) is 1. The quantitative estimate of drug-likeness (QED) is 0.377. The molecule has 0 unspecified atom stereocenters. The molecular formula is C25H27N3O3S. The largest absolute Gasteiger partial charge is 0.497 e. The number of hydrogen-bond donors (Lipinski definition) is 0. The molecule has 0 aliphatic carbocycles. The Balaban J connectivity index is 1.49. The van der Waals surface area contributed by atoms with Crippen LogP contribution in [0.2, 0.25) is 0 Å². The SMILES string of the molecule is COc1ccc(OC)c([C@@H]2CCCN2C(=O)CSc2nc(C)cc(-c3ccccc3)n2)c1. The predicted molar refractivity (Wildman–Crippen MR) is 126 cm³/mol. The molecule has 1 amide bonds. The molecule has 2 heterocycles. The van der Waals surface area contributed by atoms with Gasteiger partial charge in [0.15, 0.2) is 5.16 Å². The van der Waals surface area contributed by atoms with Crippen molar-refractivity contribution in [1.82, 2.24) is 14.9 Å². The summed E-state index contributed by atoms with van der Waals surface area (Å²) in [4.78, 5) is 24.3. The Hall–Kier alpha value is -3.06. The Bertz CT molecular complexity index is 1090. The van der Waals surface area contributed by atoms with Crippen molar-refractivity contribution in [2.45, 2.75) is 31.0 Å². The minimum atomic E-state index is -0.0218. The summed E-state index contributed by atoms with van der Waals surface area (Å²) in [6, 6.07) is 17.7. The van der Waals surface area contributed by atoms with E-state index in [9.17, 15) is 4.79 Å². The number of aromatic nitrogens is 2. The molecule has 0 saturated carbocycles. The van der Waals surface area contributed by atoms with Crippen LogP contribution in [-0.2, 0) is 4.79 Å². The number of carbonyl (C=O) groups excluding carboxylic acids is 1.